The van der Waals surface area contributed by atoms with Crippen molar-refractivity contribution in [3.63, 3.8) is 0 Å². The van der Waals surface area contributed by atoms with Gasteiger partial charge in [-0.1, -0.05) is 84.9 Å². The largest absolute Gasteiger partial charge is 0.403 e. The molecule has 4 nitrogen and oxygen atoms in total. The van der Waals surface area contributed by atoms with Crippen LogP contribution in [0.4, 0.5) is 23.0 Å². The predicted octanol–water partition coefficient (Wildman–Crippen LogP) is 8.94. The number of hydrogen-bond donors (Lipinski definition) is 0. The van der Waals surface area contributed by atoms with E-state index in [1.807, 2.05) is 12.4 Å². The molecule has 5 aromatic carbocycles. The first kappa shape index (κ1) is 23.5. The average Bonchev–Trinajstić information content (AvgIpc) is 3.44. The summed E-state index contributed by atoms with van der Waals surface area (Å²) in [4.78, 5) is 14.0. The van der Waals surface area contributed by atoms with Crippen molar-refractivity contribution in [2.45, 2.75) is 0 Å². The van der Waals surface area contributed by atoms with Crippen LogP contribution in [0.5, 0.6) is 0 Å². The molecule has 0 N–H and O–H groups in total. The third-order valence-electron chi connectivity index (χ3n) is 7.79. The lowest BCUT2D eigenvalue weighted by atomic mass is 10.0. The highest BCUT2D eigenvalue weighted by Gasteiger charge is 2.31. The van der Waals surface area contributed by atoms with E-state index in [1.165, 1.54) is 21.5 Å². The number of fused-ring (bicyclic) bond motifs is 3. The van der Waals surface area contributed by atoms with E-state index >= 15 is 0 Å². The highest BCUT2D eigenvalue weighted by atomic mass is 15.3. The van der Waals surface area contributed by atoms with Crippen LogP contribution >= 0.6 is 0 Å². The Morgan fingerprint density at radius 3 is 1.24 bits per heavy atom. The molecule has 0 saturated carbocycles. The Kier molecular flexibility index (Phi) is 5.52. The normalized spacial score (nSPS) is 12.5. The van der Waals surface area contributed by atoms with Gasteiger partial charge in [-0.25, -0.2) is 9.97 Å². The molecule has 1 aliphatic heterocycles. The van der Waals surface area contributed by atoms with Gasteiger partial charge in [0, 0.05) is 23.5 Å². The first-order valence-electron chi connectivity index (χ1n) is 13.7. The number of anilines is 4. The summed E-state index contributed by atoms with van der Waals surface area (Å²) in [6, 6.07) is 46.7. The fourth-order valence-corrected chi connectivity index (χ4v) is 5.61. The van der Waals surface area contributed by atoms with Crippen molar-refractivity contribution in [3.05, 3.63) is 146 Å². The van der Waals surface area contributed by atoms with Crippen molar-refractivity contribution in [1.82, 2.24) is 9.97 Å². The fourth-order valence-electron chi connectivity index (χ4n) is 5.61. The van der Waals surface area contributed by atoms with E-state index in [9.17, 15) is 0 Å². The van der Waals surface area contributed by atoms with Crippen molar-refractivity contribution in [3.8, 4) is 22.3 Å². The Bertz CT molecular complexity index is 1890. The molecule has 0 aliphatic carbocycles. The molecule has 0 fully saturated rings. The Hall–Kier alpha value is -5.42. The smallest absolute Gasteiger partial charge is 0.351 e. The Labute approximate surface area is 239 Å². The number of pyridine rings is 2. The number of rotatable bonds is 4. The summed E-state index contributed by atoms with van der Waals surface area (Å²) in [5, 5.41) is 4.93. The molecule has 41 heavy (non-hydrogen) atoms. The van der Waals surface area contributed by atoms with Crippen LogP contribution in [0.25, 0.3) is 43.8 Å². The van der Waals surface area contributed by atoms with Gasteiger partial charge in [0.2, 0.25) is 0 Å². The molecule has 0 amide bonds. The number of hydrogen-bond acceptors (Lipinski definition) is 4. The zero-order valence-corrected chi connectivity index (χ0v) is 22.2. The molecule has 0 unspecified atom stereocenters. The van der Waals surface area contributed by atoms with Crippen molar-refractivity contribution in [2.75, 3.05) is 9.62 Å². The summed E-state index contributed by atoms with van der Waals surface area (Å²) < 4.78 is 0. The predicted molar refractivity (Wildman–Crippen MR) is 171 cm³/mol. The van der Waals surface area contributed by atoms with Gasteiger partial charge in [-0.3, -0.25) is 0 Å². The Balaban J connectivity index is 1.08. The van der Waals surface area contributed by atoms with Gasteiger partial charge < -0.3 is 9.62 Å². The molecular weight excluding hydrogens is 499 g/mol. The lowest BCUT2D eigenvalue weighted by Crippen LogP contribution is -2.29. The minimum Gasteiger partial charge on any atom is -0.351 e. The second-order valence-corrected chi connectivity index (χ2v) is 10.3. The van der Waals surface area contributed by atoms with E-state index in [0.29, 0.717) is 0 Å². The van der Waals surface area contributed by atoms with Crippen LogP contribution in [0.3, 0.4) is 0 Å². The Morgan fingerprint density at radius 1 is 0.390 bits per heavy atom. The van der Waals surface area contributed by atoms with E-state index in [0.717, 1.165) is 45.3 Å². The molecule has 5 heteroatoms. The quantitative estimate of drug-likeness (QED) is 0.216. The summed E-state index contributed by atoms with van der Waals surface area (Å²) >= 11 is 0. The van der Waals surface area contributed by atoms with Crippen molar-refractivity contribution in [2.24, 2.45) is 0 Å². The van der Waals surface area contributed by atoms with E-state index < -0.39 is 0 Å². The molecule has 0 saturated heterocycles. The second kappa shape index (κ2) is 9.65. The van der Waals surface area contributed by atoms with Gasteiger partial charge >= 0.3 is 7.55 Å². The third-order valence-corrected chi connectivity index (χ3v) is 7.79. The SMILES string of the molecule is [B]1N(c2ccc(-c3ccc4ccccc4c3)cn2)c2ccccc2N1c1ccc(-c2ccc3ccccc3c2)cn1. The fraction of sp³-hybridized carbons (Fsp3) is 0. The van der Waals surface area contributed by atoms with Crippen LogP contribution in [0.15, 0.2) is 146 Å². The monoisotopic (exact) mass is 523 g/mol. The van der Waals surface area contributed by atoms with Crippen LogP contribution in [0.1, 0.15) is 0 Å². The topological polar surface area (TPSA) is 32.3 Å². The molecule has 1 radical (unpaired) electrons. The van der Waals surface area contributed by atoms with Gasteiger partial charge in [0.05, 0.1) is 11.4 Å². The van der Waals surface area contributed by atoms with Crippen LogP contribution in [0, 0.1) is 0 Å². The van der Waals surface area contributed by atoms with E-state index in [1.54, 1.807) is 0 Å². The molecule has 8 rings (SSSR count). The van der Waals surface area contributed by atoms with E-state index in [4.69, 9.17) is 9.97 Å². The summed E-state index contributed by atoms with van der Waals surface area (Å²) in [6.07, 6.45) is 3.91. The molecule has 191 valence electrons. The van der Waals surface area contributed by atoms with Crippen LogP contribution in [-0.2, 0) is 0 Å². The van der Waals surface area contributed by atoms with Crippen LogP contribution < -0.4 is 9.62 Å². The summed E-state index contributed by atoms with van der Waals surface area (Å²) in [5.41, 5.74) is 6.64. The third kappa shape index (κ3) is 4.19. The highest BCUT2D eigenvalue weighted by Crippen LogP contribution is 2.42. The first-order chi connectivity index (χ1) is 20.3. The molecule has 1 aliphatic rings. The second-order valence-electron chi connectivity index (χ2n) is 10.3. The van der Waals surface area contributed by atoms with Crippen molar-refractivity contribution >= 4 is 52.1 Å². The summed E-state index contributed by atoms with van der Waals surface area (Å²) in [6.45, 7) is 0. The molecule has 0 atom stereocenters. The number of nitrogens with zero attached hydrogens (tertiary/aromatic N) is 4. The minimum atomic E-state index is 0.859. The van der Waals surface area contributed by atoms with Gasteiger partial charge in [0.15, 0.2) is 0 Å². The molecule has 3 heterocycles. The van der Waals surface area contributed by atoms with Gasteiger partial charge in [0.25, 0.3) is 0 Å². The molecule has 0 spiro atoms. The minimum absolute atomic E-state index is 0.859. The zero-order chi connectivity index (χ0) is 27.2. The van der Waals surface area contributed by atoms with E-state index in [-0.39, 0.29) is 0 Å². The van der Waals surface area contributed by atoms with Crippen molar-refractivity contribution < 1.29 is 0 Å². The van der Waals surface area contributed by atoms with Gasteiger partial charge in [-0.05, 0) is 81.2 Å². The standard InChI is InChI=1S/C36H24BN4/c1-3-9-27-21-29(15-13-25(27)7-1)31-17-19-35(38-23-31)40-33-11-5-6-12-34(33)41(37-40)36-20-18-32(24-39-36)30-16-14-26-8-2-4-10-28(26)22-30/h1-24H. The summed E-state index contributed by atoms with van der Waals surface area (Å²) in [5.74, 6) is 1.72. The molecule has 2 aromatic heterocycles. The maximum absolute atomic E-state index is 4.87. The number of aromatic nitrogens is 2. The van der Waals surface area contributed by atoms with Gasteiger partial charge in [0.1, 0.15) is 11.6 Å². The van der Waals surface area contributed by atoms with Gasteiger partial charge in [-0.2, -0.15) is 0 Å². The number of benzene rings is 5. The summed E-state index contributed by atoms with van der Waals surface area (Å²) in [7, 11) is 2.07. The molecule has 0 bridgehead atoms. The van der Waals surface area contributed by atoms with Crippen LogP contribution in [0.2, 0.25) is 0 Å². The molecule has 7 aromatic rings. The average molecular weight is 523 g/mol. The molecular formula is C36H24BN4. The first-order valence-corrected chi connectivity index (χ1v) is 13.7. The van der Waals surface area contributed by atoms with Crippen molar-refractivity contribution in [1.29, 1.82) is 0 Å². The van der Waals surface area contributed by atoms with Crippen LogP contribution in [-0.4, -0.2) is 17.5 Å². The maximum atomic E-state index is 4.87. The lowest BCUT2D eigenvalue weighted by molar-refractivity contribution is 1.24. The highest BCUT2D eigenvalue weighted by molar-refractivity contribution is 6.55. The zero-order valence-electron chi connectivity index (χ0n) is 22.2. The number of para-hydroxylation sites is 2. The Morgan fingerprint density at radius 2 is 0.805 bits per heavy atom. The maximum Gasteiger partial charge on any atom is 0.403 e. The van der Waals surface area contributed by atoms with E-state index in [2.05, 4.69) is 151 Å². The van der Waals surface area contributed by atoms with Gasteiger partial charge in [-0.15, -0.1) is 0 Å². The lowest BCUT2D eigenvalue weighted by Gasteiger charge is -2.19.